The van der Waals surface area contributed by atoms with Crippen LogP contribution >= 0.6 is 0 Å². The molecule has 3 nitrogen and oxygen atoms in total. The van der Waals surface area contributed by atoms with Crippen molar-refractivity contribution in [2.24, 2.45) is 0 Å². The van der Waals surface area contributed by atoms with Crippen LogP contribution in [0.2, 0.25) is 0 Å². The molecule has 130 valence electrons. The SMILES string of the molecule is C=C(C)C(=O)OCCCOc1ccc(-c2ccc(/C=C/C)cc2)cc1. The Morgan fingerprint density at radius 1 is 1.00 bits per heavy atom. The van der Waals surface area contributed by atoms with Crippen molar-refractivity contribution in [3.8, 4) is 16.9 Å². The Labute approximate surface area is 149 Å². The number of esters is 1. The van der Waals surface area contributed by atoms with Gasteiger partial charge >= 0.3 is 5.97 Å². The van der Waals surface area contributed by atoms with E-state index in [9.17, 15) is 4.79 Å². The van der Waals surface area contributed by atoms with Gasteiger partial charge in [-0.2, -0.15) is 0 Å². The predicted molar refractivity (Wildman–Crippen MR) is 102 cm³/mol. The van der Waals surface area contributed by atoms with Gasteiger partial charge in [0.25, 0.3) is 0 Å². The molecule has 0 N–H and O–H groups in total. The normalized spacial score (nSPS) is 10.6. The summed E-state index contributed by atoms with van der Waals surface area (Å²) in [5.74, 6) is 0.449. The van der Waals surface area contributed by atoms with Crippen LogP contribution in [0.25, 0.3) is 17.2 Å². The van der Waals surface area contributed by atoms with E-state index in [2.05, 4.69) is 36.9 Å². The van der Waals surface area contributed by atoms with E-state index in [0.717, 1.165) is 11.3 Å². The molecule has 3 heteroatoms. The maximum atomic E-state index is 11.2. The lowest BCUT2D eigenvalue weighted by Gasteiger charge is -2.08. The lowest BCUT2D eigenvalue weighted by molar-refractivity contribution is -0.139. The minimum absolute atomic E-state index is 0.336. The summed E-state index contributed by atoms with van der Waals surface area (Å²) in [4.78, 5) is 11.2. The molecule has 0 saturated carbocycles. The van der Waals surface area contributed by atoms with E-state index in [0.29, 0.717) is 25.2 Å². The third-order valence-corrected chi connectivity index (χ3v) is 3.60. The fourth-order valence-corrected chi connectivity index (χ4v) is 2.26. The van der Waals surface area contributed by atoms with Crippen LogP contribution in [0.15, 0.2) is 66.8 Å². The molecule has 0 unspecified atom stereocenters. The summed E-state index contributed by atoms with van der Waals surface area (Å²) in [6.07, 6.45) is 4.75. The molecule has 0 atom stereocenters. The van der Waals surface area contributed by atoms with E-state index in [4.69, 9.17) is 9.47 Å². The molecule has 0 saturated heterocycles. The Morgan fingerprint density at radius 3 is 2.16 bits per heavy atom. The van der Waals surface area contributed by atoms with Crippen molar-refractivity contribution < 1.29 is 14.3 Å². The molecule has 2 aromatic carbocycles. The summed E-state index contributed by atoms with van der Waals surface area (Å²) in [7, 11) is 0. The van der Waals surface area contributed by atoms with E-state index in [1.165, 1.54) is 11.1 Å². The van der Waals surface area contributed by atoms with Crippen LogP contribution in [0.1, 0.15) is 25.8 Å². The van der Waals surface area contributed by atoms with E-state index in [1.54, 1.807) is 6.92 Å². The van der Waals surface area contributed by atoms with Crippen LogP contribution in [0.5, 0.6) is 5.75 Å². The third kappa shape index (κ3) is 5.96. The molecular weight excluding hydrogens is 312 g/mol. The van der Waals surface area contributed by atoms with Gasteiger partial charge in [0.1, 0.15) is 5.75 Å². The van der Waals surface area contributed by atoms with Gasteiger partial charge in [0, 0.05) is 12.0 Å². The fourth-order valence-electron chi connectivity index (χ4n) is 2.26. The summed E-state index contributed by atoms with van der Waals surface area (Å²) < 4.78 is 10.7. The number of allylic oxidation sites excluding steroid dienone is 1. The zero-order chi connectivity index (χ0) is 18.1. The van der Waals surface area contributed by atoms with E-state index in [-0.39, 0.29) is 5.97 Å². The van der Waals surface area contributed by atoms with Crippen LogP contribution in [0.3, 0.4) is 0 Å². The Morgan fingerprint density at radius 2 is 1.60 bits per heavy atom. The Hall–Kier alpha value is -2.81. The first-order chi connectivity index (χ1) is 12.1. The molecule has 0 heterocycles. The van der Waals surface area contributed by atoms with Crippen molar-refractivity contribution in [2.45, 2.75) is 20.3 Å². The molecule has 0 aromatic heterocycles. The fraction of sp³-hybridized carbons (Fsp3) is 0.227. The van der Waals surface area contributed by atoms with Crippen LogP contribution in [0, 0.1) is 0 Å². The third-order valence-electron chi connectivity index (χ3n) is 3.60. The Kier molecular flexibility index (Phi) is 7.02. The largest absolute Gasteiger partial charge is 0.493 e. The van der Waals surface area contributed by atoms with Crippen LogP contribution in [-0.2, 0) is 9.53 Å². The highest BCUT2D eigenvalue weighted by Crippen LogP contribution is 2.23. The highest BCUT2D eigenvalue weighted by Gasteiger charge is 2.03. The van der Waals surface area contributed by atoms with Gasteiger partial charge in [0.05, 0.1) is 13.2 Å². The molecule has 0 radical (unpaired) electrons. The second kappa shape index (κ2) is 9.48. The maximum Gasteiger partial charge on any atom is 0.333 e. The second-order valence-electron chi connectivity index (χ2n) is 5.76. The summed E-state index contributed by atoms with van der Waals surface area (Å²) in [6, 6.07) is 16.4. The summed E-state index contributed by atoms with van der Waals surface area (Å²) >= 11 is 0. The number of rotatable bonds is 8. The molecule has 25 heavy (non-hydrogen) atoms. The van der Waals surface area contributed by atoms with Crippen molar-refractivity contribution in [3.63, 3.8) is 0 Å². The van der Waals surface area contributed by atoms with Crippen molar-refractivity contribution >= 4 is 12.0 Å². The first-order valence-electron chi connectivity index (χ1n) is 8.39. The lowest BCUT2D eigenvalue weighted by atomic mass is 10.0. The van der Waals surface area contributed by atoms with Crippen molar-refractivity contribution in [1.29, 1.82) is 0 Å². The molecule has 0 aliphatic heterocycles. The molecule has 0 aliphatic rings. The predicted octanol–water partition coefficient (Wildman–Crippen LogP) is 5.27. The molecule has 2 rings (SSSR count). The zero-order valence-electron chi connectivity index (χ0n) is 14.8. The smallest absolute Gasteiger partial charge is 0.333 e. The van der Waals surface area contributed by atoms with Crippen LogP contribution in [-0.4, -0.2) is 19.2 Å². The monoisotopic (exact) mass is 336 g/mol. The van der Waals surface area contributed by atoms with Gasteiger partial charge in [-0.25, -0.2) is 4.79 Å². The first kappa shape index (κ1) is 18.5. The maximum absolute atomic E-state index is 11.2. The zero-order valence-corrected chi connectivity index (χ0v) is 14.8. The van der Waals surface area contributed by atoms with Gasteiger partial charge in [-0.05, 0) is 42.7 Å². The molecule has 2 aromatic rings. The second-order valence-corrected chi connectivity index (χ2v) is 5.76. The standard InChI is InChI=1S/C22H24O3/c1-4-6-18-7-9-19(10-8-18)20-11-13-21(14-12-20)24-15-5-16-25-22(23)17(2)3/h4,6-14H,2,5,15-16H2,1,3H3/b6-4+. The average molecular weight is 336 g/mol. The molecule has 0 amide bonds. The van der Waals surface area contributed by atoms with Gasteiger partial charge in [-0.15, -0.1) is 0 Å². The Bertz CT molecular complexity index is 725. The Balaban J connectivity index is 1.81. The summed E-state index contributed by atoms with van der Waals surface area (Å²) in [5, 5.41) is 0. The number of ether oxygens (including phenoxy) is 2. The molecule has 0 bridgehead atoms. The molecule has 0 aliphatic carbocycles. The van der Waals surface area contributed by atoms with E-state index in [1.807, 2.05) is 37.3 Å². The average Bonchev–Trinajstić information content (AvgIpc) is 2.62. The number of carbonyl (C=O) groups excluding carboxylic acids is 1. The van der Waals surface area contributed by atoms with Gasteiger partial charge in [-0.1, -0.05) is 55.1 Å². The van der Waals surface area contributed by atoms with Crippen molar-refractivity contribution in [2.75, 3.05) is 13.2 Å². The molecule has 0 fully saturated rings. The quantitative estimate of drug-likeness (QED) is 0.374. The van der Waals surface area contributed by atoms with Crippen molar-refractivity contribution in [1.82, 2.24) is 0 Å². The van der Waals surface area contributed by atoms with Gasteiger partial charge < -0.3 is 9.47 Å². The number of hydrogen-bond donors (Lipinski definition) is 0. The molecule has 0 spiro atoms. The summed E-state index contributed by atoms with van der Waals surface area (Å²) in [6.45, 7) is 8.02. The van der Waals surface area contributed by atoms with Gasteiger partial charge in [0.2, 0.25) is 0 Å². The number of benzene rings is 2. The van der Waals surface area contributed by atoms with E-state index < -0.39 is 0 Å². The number of carbonyl (C=O) groups is 1. The van der Waals surface area contributed by atoms with E-state index >= 15 is 0 Å². The lowest BCUT2D eigenvalue weighted by Crippen LogP contribution is -2.09. The summed E-state index contributed by atoms with van der Waals surface area (Å²) in [5.41, 5.74) is 3.93. The molecular formula is C22H24O3. The van der Waals surface area contributed by atoms with Crippen LogP contribution < -0.4 is 4.74 Å². The first-order valence-corrected chi connectivity index (χ1v) is 8.39. The minimum atomic E-state index is -0.357. The van der Waals surface area contributed by atoms with Gasteiger partial charge in [-0.3, -0.25) is 0 Å². The van der Waals surface area contributed by atoms with Gasteiger partial charge in [0.15, 0.2) is 0 Å². The highest BCUT2D eigenvalue weighted by molar-refractivity contribution is 5.86. The highest BCUT2D eigenvalue weighted by atomic mass is 16.5. The number of hydrogen-bond acceptors (Lipinski definition) is 3. The topological polar surface area (TPSA) is 35.5 Å². The van der Waals surface area contributed by atoms with Crippen molar-refractivity contribution in [3.05, 3.63) is 72.3 Å². The minimum Gasteiger partial charge on any atom is -0.493 e. The van der Waals surface area contributed by atoms with Crippen LogP contribution in [0.4, 0.5) is 0 Å².